The van der Waals surface area contributed by atoms with Crippen molar-refractivity contribution in [2.45, 2.75) is 6.18 Å². The van der Waals surface area contributed by atoms with Gasteiger partial charge in [-0.05, 0) is 47.5 Å². The minimum absolute atomic E-state index is 0.0358. The molecule has 5 aromatic rings. The fraction of sp³-hybridized carbons (Fsp3) is 0.0870. The van der Waals surface area contributed by atoms with Gasteiger partial charge in [0.05, 0.1) is 16.5 Å². The van der Waals surface area contributed by atoms with E-state index in [0.29, 0.717) is 16.8 Å². The molecule has 0 unspecified atom stereocenters. The van der Waals surface area contributed by atoms with Crippen LogP contribution in [0.4, 0.5) is 33.5 Å². The molecule has 5 nitrogen and oxygen atoms in total. The highest BCUT2D eigenvalue weighted by molar-refractivity contribution is 5.94. The molecule has 0 aliphatic rings. The predicted molar refractivity (Wildman–Crippen MR) is 113 cm³/mol. The van der Waals surface area contributed by atoms with E-state index in [4.69, 9.17) is 0 Å². The Kier molecular flexibility index (Phi) is 4.73. The smallest absolute Gasteiger partial charge is 0.329 e. The number of hydrogen-bond acceptors (Lipinski definition) is 4. The summed E-state index contributed by atoms with van der Waals surface area (Å²) in [5.41, 5.74) is 1.31. The molecule has 0 bridgehead atoms. The number of halogens is 5. The van der Waals surface area contributed by atoms with Gasteiger partial charge in [0.2, 0.25) is 0 Å². The zero-order valence-corrected chi connectivity index (χ0v) is 17.0. The summed E-state index contributed by atoms with van der Waals surface area (Å²) in [6, 6.07) is 16.0. The molecular weight excluding hydrogens is 441 g/mol. The van der Waals surface area contributed by atoms with Crippen molar-refractivity contribution >= 4 is 28.2 Å². The lowest BCUT2D eigenvalue weighted by molar-refractivity contribution is -0.137. The summed E-state index contributed by atoms with van der Waals surface area (Å²) in [5.74, 6) is -0.449. The number of rotatable bonds is 3. The highest BCUT2D eigenvalue weighted by Gasteiger charge is 2.30. The first-order chi connectivity index (χ1) is 15.7. The molecule has 0 saturated carbocycles. The second kappa shape index (κ2) is 7.51. The van der Waals surface area contributed by atoms with Gasteiger partial charge < -0.3 is 4.90 Å². The van der Waals surface area contributed by atoms with Crippen LogP contribution in [0.5, 0.6) is 0 Å². The van der Waals surface area contributed by atoms with Crippen LogP contribution >= 0.6 is 0 Å². The quantitative estimate of drug-likeness (QED) is 0.313. The van der Waals surface area contributed by atoms with Gasteiger partial charge in [-0.3, -0.25) is 0 Å². The van der Waals surface area contributed by atoms with Crippen LogP contribution in [0.3, 0.4) is 0 Å². The largest absolute Gasteiger partial charge is 0.416 e. The number of aromatic nitrogens is 4. The van der Waals surface area contributed by atoms with Crippen molar-refractivity contribution in [1.29, 1.82) is 0 Å². The molecular formula is C23H14F5N5. The van der Waals surface area contributed by atoms with Gasteiger partial charge in [0.15, 0.2) is 0 Å². The number of nitrogens with zero attached hydrogens (tertiary/aromatic N) is 5. The van der Waals surface area contributed by atoms with Gasteiger partial charge >= 0.3 is 12.3 Å². The molecule has 0 atom stereocenters. The Morgan fingerprint density at radius 3 is 2.30 bits per heavy atom. The summed E-state index contributed by atoms with van der Waals surface area (Å²) in [4.78, 5) is 5.92. The SMILES string of the molecule is CN(c1cccc(-c2ccc(C(F)(F)F)cc2)c1)c1nc2nnc(F)n2c2cccc(F)c12. The Hall–Kier alpha value is -4.08. The molecule has 0 aliphatic heterocycles. The standard InChI is InChI=1S/C23H14F5N5/c1-32(16-5-2-4-14(12-16)13-8-10-15(11-9-13)23(26,27)28)20-19-17(24)6-3-7-18(19)33-21(25)30-31-22(33)29-20/h2-12H,1H3. The van der Waals surface area contributed by atoms with Crippen molar-refractivity contribution in [2.24, 2.45) is 0 Å². The summed E-state index contributed by atoms with van der Waals surface area (Å²) in [6.45, 7) is 0. The van der Waals surface area contributed by atoms with Gasteiger partial charge in [-0.15, -0.1) is 5.10 Å². The number of anilines is 2. The van der Waals surface area contributed by atoms with Crippen molar-refractivity contribution in [3.05, 3.63) is 84.2 Å². The first-order valence-corrected chi connectivity index (χ1v) is 9.74. The maximum atomic E-state index is 14.8. The molecule has 0 radical (unpaired) electrons. The van der Waals surface area contributed by atoms with Crippen molar-refractivity contribution in [1.82, 2.24) is 19.6 Å². The van der Waals surface area contributed by atoms with E-state index in [2.05, 4.69) is 15.2 Å². The first-order valence-electron chi connectivity index (χ1n) is 9.74. The summed E-state index contributed by atoms with van der Waals surface area (Å²) in [6.07, 6.45) is -5.33. The van der Waals surface area contributed by atoms with Crippen LogP contribution in [-0.4, -0.2) is 26.6 Å². The molecule has 2 aromatic heterocycles. The second-order valence-corrected chi connectivity index (χ2v) is 7.36. The van der Waals surface area contributed by atoms with Crippen LogP contribution in [-0.2, 0) is 6.18 Å². The van der Waals surface area contributed by atoms with E-state index < -0.39 is 23.6 Å². The van der Waals surface area contributed by atoms with Gasteiger partial charge in [0.25, 0.3) is 5.78 Å². The molecule has 0 amide bonds. The molecule has 5 rings (SSSR count). The zero-order chi connectivity index (χ0) is 23.3. The van der Waals surface area contributed by atoms with Gasteiger partial charge in [0.1, 0.15) is 11.6 Å². The Morgan fingerprint density at radius 2 is 1.58 bits per heavy atom. The highest BCUT2D eigenvalue weighted by Crippen LogP contribution is 2.35. The van der Waals surface area contributed by atoms with Crippen LogP contribution in [0.2, 0.25) is 0 Å². The molecule has 10 heteroatoms. The summed E-state index contributed by atoms with van der Waals surface area (Å²) >= 11 is 0. The first kappa shape index (κ1) is 20.8. The summed E-state index contributed by atoms with van der Waals surface area (Å²) in [7, 11) is 1.66. The van der Waals surface area contributed by atoms with Crippen molar-refractivity contribution in [3.8, 4) is 11.1 Å². The topological polar surface area (TPSA) is 46.3 Å². The Labute approximate surface area is 183 Å². The lowest BCUT2D eigenvalue weighted by Gasteiger charge is -2.21. The van der Waals surface area contributed by atoms with E-state index in [-0.39, 0.29) is 22.5 Å². The minimum atomic E-state index is -4.42. The number of alkyl halides is 3. The molecule has 0 N–H and O–H groups in total. The number of hydrogen-bond donors (Lipinski definition) is 0. The fourth-order valence-electron chi connectivity index (χ4n) is 3.72. The van der Waals surface area contributed by atoms with Gasteiger partial charge in [-0.2, -0.15) is 22.5 Å². The normalized spacial score (nSPS) is 11.9. The van der Waals surface area contributed by atoms with E-state index in [1.54, 1.807) is 36.2 Å². The minimum Gasteiger partial charge on any atom is -0.329 e. The van der Waals surface area contributed by atoms with Gasteiger partial charge in [0, 0.05) is 12.7 Å². The number of benzene rings is 3. The third-order valence-electron chi connectivity index (χ3n) is 5.37. The van der Waals surface area contributed by atoms with Crippen molar-refractivity contribution < 1.29 is 22.0 Å². The van der Waals surface area contributed by atoms with Crippen LogP contribution < -0.4 is 4.90 Å². The van der Waals surface area contributed by atoms with E-state index in [9.17, 15) is 22.0 Å². The van der Waals surface area contributed by atoms with Gasteiger partial charge in [-0.25, -0.2) is 8.79 Å². The summed E-state index contributed by atoms with van der Waals surface area (Å²) < 4.78 is 68.6. The maximum Gasteiger partial charge on any atom is 0.416 e. The Balaban J connectivity index is 1.61. The molecule has 33 heavy (non-hydrogen) atoms. The van der Waals surface area contributed by atoms with Crippen LogP contribution in [0.15, 0.2) is 66.7 Å². The van der Waals surface area contributed by atoms with Crippen molar-refractivity contribution in [2.75, 3.05) is 11.9 Å². The summed E-state index contributed by atoms with van der Waals surface area (Å²) in [5, 5.41) is 7.18. The molecule has 0 aliphatic carbocycles. The Bertz CT molecular complexity index is 1490. The van der Waals surface area contributed by atoms with E-state index >= 15 is 0 Å². The lowest BCUT2D eigenvalue weighted by atomic mass is 10.0. The Morgan fingerprint density at radius 1 is 0.848 bits per heavy atom. The lowest BCUT2D eigenvalue weighted by Crippen LogP contribution is -2.14. The molecule has 166 valence electrons. The van der Waals surface area contributed by atoms with Crippen molar-refractivity contribution in [3.63, 3.8) is 0 Å². The van der Waals surface area contributed by atoms with E-state index in [0.717, 1.165) is 16.5 Å². The zero-order valence-electron chi connectivity index (χ0n) is 17.0. The van der Waals surface area contributed by atoms with E-state index in [1.807, 2.05) is 0 Å². The monoisotopic (exact) mass is 455 g/mol. The highest BCUT2D eigenvalue weighted by atomic mass is 19.4. The third-order valence-corrected chi connectivity index (χ3v) is 5.37. The van der Waals surface area contributed by atoms with Crippen LogP contribution in [0.25, 0.3) is 27.8 Å². The van der Waals surface area contributed by atoms with Crippen LogP contribution in [0, 0.1) is 11.9 Å². The molecule has 0 fully saturated rings. The van der Waals surface area contributed by atoms with Crippen LogP contribution in [0.1, 0.15) is 5.56 Å². The molecule has 3 aromatic carbocycles. The third kappa shape index (κ3) is 3.53. The van der Waals surface area contributed by atoms with Gasteiger partial charge in [-0.1, -0.05) is 35.4 Å². The average molecular weight is 455 g/mol. The average Bonchev–Trinajstić information content (AvgIpc) is 3.18. The number of fused-ring (bicyclic) bond motifs is 3. The molecule has 2 heterocycles. The fourth-order valence-corrected chi connectivity index (χ4v) is 3.72. The van der Waals surface area contributed by atoms with E-state index in [1.165, 1.54) is 30.3 Å². The maximum absolute atomic E-state index is 14.8. The molecule has 0 spiro atoms. The molecule has 0 saturated heterocycles. The predicted octanol–water partition coefficient (Wildman–Crippen LogP) is 6.01. The second-order valence-electron chi connectivity index (χ2n) is 7.36.